The number of carbonyl (C=O) groups excluding carboxylic acids is 2. The van der Waals surface area contributed by atoms with Gasteiger partial charge in [0, 0.05) is 12.1 Å². The number of hydrogen-bond donors (Lipinski definition) is 1. The smallest absolute Gasteiger partial charge is 0.295 e. The summed E-state index contributed by atoms with van der Waals surface area (Å²) in [5.41, 5.74) is 2.42. The molecule has 0 aliphatic carbocycles. The quantitative estimate of drug-likeness (QED) is 0.370. The molecule has 0 spiro atoms. The maximum Gasteiger partial charge on any atom is 0.295 e. The molecule has 1 aliphatic heterocycles. The number of aliphatic hydroxyl groups is 1. The Bertz CT molecular complexity index is 1110. The molecule has 5 heteroatoms. The van der Waals surface area contributed by atoms with Gasteiger partial charge in [-0.1, -0.05) is 72.8 Å². The van der Waals surface area contributed by atoms with Crippen LogP contribution in [0.5, 0.6) is 5.75 Å². The minimum Gasteiger partial charge on any atom is -0.507 e. The van der Waals surface area contributed by atoms with Crippen molar-refractivity contribution in [1.29, 1.82) is 0 Å². The molecule has 0 aromatic heterocycles. The van der Waals surface area contributed by atoms with E-state index in [1.807, 2.05) is 48.5 Å². The second-order valence-corrected chi connectivity index (χ2v) is 7.37. The Morgan fingerprint density at radius 3 is 2.13 bits per heavy atom. The third-order valence-electron chi connectivity index (χ3n) is 5.50. The van der Waals surface area contributed by atoms with Gasteiger partial charge in [-0.2, -0.15) is 0 Å². The lowest BCUT2D eigenvalue weighted by molar-refractivity contribution is -0.139. The number of methoxy groups -OCH3 is 1. The number of Topliss-reactive ketones (excluding diaryl/α,β-unsaturated/α-hetero) is 1. The van der Waals surface area contributed by atoms with E-state index < -0.39 is 17.7 Å². The lowest BCUT2D eigenvalue weighted by Gasteiger charge is -2.25. The van der Waals surface area contributed by atoms with E-state index in [0.717, 1.165) is 11.1 Å². The molecule has 31 heavy (non-hydrogen) atoms. The lowest BCUT2D eigenvalue weighted by atomic mass is 9.95. The van der Waals surface area contributed by atoms with E-state index in [4.69, 9.17) is 4.74 Å². The van der Waals surface area contributed by atoms with Crippen LogP contribution in [-0.4, -0.2) is 35.4 Å². The summed E-state index contributed by atoms with van der Waals surface area (Å²) in [7, 11) is 1.58. The van der Waals surface area contributed by atoms with Crippen LogP contribution >= 0.6 is 0 Å². The summed E-state index contributed by atoms with van der Waals surface area (Å²) < 4.78 is 5.24. The highest BCUT2D eigenvalue weighted by molar-refractivity contribution is 6.46. The second-order valence-electron chi connectivity index (χ2n) is 7.37. The molecule has 156 valence electrons. The van der Waals surface area contributed by atoms with Gasteiger partial charge in [0.05, 0.1) is 18.7 Å². The van der Waals surface area contributed by atoms with Gasteiger partial charge in [-0.05, 0) is 29.7 Å². The Morgan fingerprint density at radius 1 is 0.903 bits per heavy atom. The fourth-order valence-corrected chi connectivity index (χ4v) is 3.89. The van der Waals surface area contributed by atoms with E-state index in [0.29, 0.717) is 24.3 Å². The van der Waals surface area contributed by atoms with E-state index in [-0.39, 0.29) is 11.3 Å². The van der Waals surface area contributed by atoms with Crippen LogP contribution in [0.25, 0.3) is 5.76 Å². The van der Waals surface area contributed by atoms with E-state index in [1.54, 1.807) is 48.4 Å². The van der Waals surface area contributed by atoms with Crippen LogP contribution in [0, 0.1) is 0 Å². The highest BCUT2D eigenvalue weighted by Gasteiger charge is 2.45. The number of rotatable bonds is 6. The molecule has 3 aromatic carbocycles. The average Bonchev–Trinajstić information content (AvgIpc) is 3.08. The molecule has 3 aromatic rings. The predicted octanol–water partition coefficient (Wildman–Crippen LogP) is 4.36. The van der Waals surface area contributed by atoms with Gasteiger partial charge in [0.2, 0.25) is 0 Å². The third kappa shape index (κ3) is 4.08. The summed E-state index contributed by atoms with van der Waals surface area (Å²) in [4.78, 5) is 27.5. The second kappa shape index (κ2) is 8.88. The maximum absolute atomic E-state index is 13.0. The molecule has 1 N–H and O–H groups in total. The lowest BCUT2D eigenvalue weighted by Crippen LogP contribution is -2.31. The first kappa shape index (κ1) is 20.4. The highest BCUT2D eigenvalue weighted by atomic mass is 16.5. The van der Waals surface area contributed by atoms with Gasteiger partial charge in [-0.3, -0.25) is 9.59 Å². The number of benzene rings is 3. The molecule has 1 fully saturated rings. The number of hydrogen-bond acceptors (Lipinski definition) is 4. The van der Waals surface area contributed by atoms with Gasteiger partial charge in [0.1, 0.15) is 11.5 Å². The molecule has 4 rings (SSSR count). The molecule has 0 unspecified atom stereocenters. The van der Waals surface area contributed by atoms with Crippen molar-refractivity contribution in [3.05, 3.63) is 107 Å². The van der Waals surface area contributed by atoms with Crippen molar-refractivity contribution < 1.29 is 19.4 Å². The number of amides is 1. The first-order valence-corrected chi connectivity index (χ1v) is 10.1. The van der Waals surface area contributed by atoms with Crippen molar-refractivity contribution in [2.75, 3.05) is 13.7 Å². The number of carbonyl (C=O) groups is 2. The van der Waals surface area contributed by atoms with Crippen molar-refractivity contribution in [2.45, 2.75) is 12.5 Å². The van der Waals surface area contributed by atoms with Crippen molar-refractivity contribution in [2.24, 2.45) is 0 Å². The van der Waals surface area contributed by atoms with Gasteiger partial charge in [0.15, 0.2) is 0 Å². The number of ether oxygens (including phenoxy) is 1. The molecule has 1 saturated heterocycles. The summed E-state index contributed by atoms with van der Waals surface area (Å²) in [5.74, 6) is -0.764. The van der Waals surface area contributed by atoms with Crippen molar-refractivity contribution in [3.8, 4) is 5.75 Å². The van der Waals surface area contributed by atoms with Crippen molar-refractivity contribution in [1.82, 2.24) is 4.90 Å². The maximum atomic E-state index is 13.0. The average molecular weight is 413 g/mol. The van der Waals surface area contributed by atoms with Gasteiger partial charge in [-0.15, -0.1) is 0 Å². The zero-order valence-electron chi connectivity index (χ0n) is 17.2. The van der Waals surface area contributed by atoms with Gasteiger partial charge >= 0.3 is 0 Å². The topological polar surface area (TPSA) is 66.8 Å². The Kier molecular flexibility index (Phi) is 5.85. The molecule has 1 aliphatic rings. The largest absolute Gasteiger partial charge is 0.507 e. The number of aliphatic hydroxyl groups excluding tert-OH is 1. The fraction of sp³-hybridized carbons (Fsp3) is 0.154. The van der Waals surface area contributed by atoms with Crippen LogP contribution in [-0.2, 0) is 16.0 Å². The van der Waals surface area contributed by atoms with Crippen molar-refractivity contribution >= 4 is 17.4 Å². The Hall–Kier alpha value is -3.86. The summed E-state index contributed by atoms with van der Waals surface area (Å²) >= 11 is 0. The summed E-state index contributed by atoms with van der Waals surface area (Å²) in [6, 6.07) is 25.2. The molecule has 5 nitrogen and oxygen atoms in total. The van der Waals surface area contributed by atoms with Gasteiger partial charge in [0.25, 0.3) is 11.7 Å². The van der Waals surface area contributed by atoms with Crippen molar-refractivity contribution in [3.63, 3.8) is 0 Å². The highest BCUT2D eigenvalue weighted by Crippen LogP contribution is 2.39. The first-order chi connectivity index (χ1) is 15.1. The molecule has 1 amide bonds. The molecule has 0 radical (unpaired) electrons. The number of ketones is 1. The Morgan fingerprint density at radius 2 is 1.52 bits per heavy atom. The Balaban J connectivity index is 1.77. The van der Waals surface area contributed by atoms with Crippen LogP contribution < -0.4 is 4.74 Å². The van der Waals surface area contributed by atoms with Crippen LogP contribution in [0.2, 0.25) is 0 Å². The number of nitrogens with zero attached hydrogens (tertiary/aromatic N) is 1. The van der Waals surface area contributed by atoms with Gasteiger partial charge in [-0.25, -0.2) is 0 Å². The normalized spacial score (nSPS) is 17.7. The number of likely N-dealkylation sites (tertiary alicyclic amines) is 1. The summed E-state index contributed by atoms with van der Waals surface area (Å²) in [5, 5.41) is 11.0. The zero-order chi connectivity index (χ0) is 21.8. The minimum atomic E-state index is -0.671. The van der Waals surface area contributed by atoms with E-state index in [2.05, 4.69) is 0 Å². The van der Waals surface area contributed by atoms with E-state index in [1.165, 1.54) is 0 Å². The third-order valence-corrected chi connectivity index (χ3v) is 5.50. The molecule has 1 atom stereocenters. The standard InChI is InChI=1S/C26H23NO4/c1-31-21-14-12-19(13-15-21)23-22(24(28)20-10-6-3-7-11-20)25(29)26(30)27(23)17-16-18-8-4-2-5-9-18/h2-15,23,28H,16-17H2,1H3/t23-/m0/s1. The Labute approximate surface area is 181 Å². The zero-order valence-corrected chi connectivity index (χ0v) is 17.2. The molecule has 1 heterocycles. The van der Waals surface area contributed by atoms with Gasteiger partial charge < -0.3 is 14.7 Å². The van der Waals surface area contributed by atoms with Crippen LogP contribution in [0.1, 0.15) is 22.7 Å². The van der Waals surface area contributed by atoms with Crippen LogP contribution in [0.4, 0.5) is 0 Å². The predicted molar refractivity (Wildman–Crippen MR) is 119 cm³/mol. The molecule has 0 bridgehead atoms. The molecular weight excluding hydrogens is 390 g/mol. The van der Waals surface area contributed by atoms with Crippen LogP contribution in [0.3, 0.4) is 0 Å². The van der Waals surface area contributed by atoms with Crippen LogP contribution in [0.15, 0.2) is 90.5 Å². The summed E-state index contributed by atoms with van der Waals surface area (Å²) in [6.07, 6.45) is 0.603. The SMILES string of the molecule is COc1ccc([C@H]2C(=C(O)c3ccccc3)C(=O)C(=O)N2CCc2ccccc2)cc1. The molecular formula is C26H23NO4. The summed E-state index contributed by atoms with van der Waals surface area (Å²) in [6.45, 7) is 0.358. The monoisotopic (exact) mass is 413 g/mol. The first-order valence-electron chi connectivity index (χ1n) is 10.1. The fourth-order valence-electron chi connectivity index (χ4n) is 3.89. The minimum absolute atomic E-state index is 0.106. The molecule has 0 saturated carbocycles. The van der Waals surface area contributed by atoms with E-state index >= 15 is 0 Å². The van der Waals surface area contributed by atoms with E-state index in [9.17, 15) is 14.7 Å².